The molecule has 1 aromatic carbocycles. The molecule has 0 bridgehead atoms. The second-order valence-electron chi connectivity index (χ2n) is 6.39. The number of primary amides is 1. The molecule has 1 aliphatic carbocycles. The lowest BCUT2D eigenvalue weighted by molar-refractivity contribution is -0.145. The quantitative estimate of drug-likeness (QED) is 0.869. The number of carbonyl (C=O) groups is 2. The highest BCUT2D eigenvalue weighted by Gasteiger charge is 2.40. The van der Waals surface area contributed by atoms with E-state index in [1.165, 1.54) is 0 Å². The van der Waals surface area contributed by atoms with E-state index in [-0.39, 0.29) is 30.2 Å². The zero-order valence-electron chi connectivity index (χ0n) is 13.1. The Morgan fingerprint density at radius 2 is 1.87 bits per heavy atom. The van der Waals surface area contributed by atoms with E-state index < -0.39 is 11.9 Å². The van der Waals surface area contributed by atoms with Gasteiger partial charge in [0.25, 0.3) is 0 Å². The van der Waals surface area contributed by atoms with Crippen molar-refractivity contribution in [2.75, 3.05) is 6.54 Å². The lowest BCUT2D eigenvalue weighted by Gasteiger charge is -2.37. The Hall–Kier alpha value is -1.59. The minimum absolute atomic E-state index is 0. The lowest BCUT2D eigenvalue weighted by atomic mass is 9.89. The third-order valence-corrected chi connectivity index (χ3v) is 5.14. The largest absolute Gasteiger partial charge is 0.368 e. The Kier molecular flexibility index (Phi) is 5.65. The highest BCUT2D eigenvalue weighted by Crippen LogP contribution is 2.34. The van der Waals surface area contributed by atoms with E-state index >= 15 is 0 Å². The summed E-state index contributed by atoms with van der Waals surface area (Å²) < 4.78 is 0. The van der Waals surface area contributed by atoms with Gasteiger partial charge in [0.2, 0.25) is 11.8 Å². The molecule has 3 atom stereocenters. The van der Waals surface area contributed by atoms with Gasteiger partial charge in [0.15, 0.2) is 0 Å². The maximum atomic E-state index is 13.0. The monoisotopic (exact) mass is 337 g/mol. The molecule has 2 amide bonds. The van der Waals surface area contributed by atoms with Crippen LogP contribution in [-0.4, -0.2) is 29.3 Å². The number of amides is 2. The Morgan fingerprint density at radius 3 is 2.52 bits per heavy atom. The van der Waals surface area contributed by atoms with E-state index in [4.69, 9.17) is 11.5 Å². The summed E-state index contributed by atoms with van der Waals surface area (Å²) in [6, 6.07) is 7.40. The van der Waals surface area contributed by atoms with Gasteiger partial charge in [-0.15, -0.1) is 12.4 Å². The Bertz CT molecular complexity index is 593. The molecule has 1 aromatic rings. The van der Waals surface area contributed by atoms with Crippen LogP contribution in [0.2, 0.25) is 0 Å². The summed E-state index contributed by atoms with van der Waals surface area (Å²) in [6.45, 7) is 0.998. The van der Waals surface area contributed by atoms with Crippen LogP contribution in [0.25, 0.3) is 0 Å². The maximum absolute atomic E-state index is 13.0. The summed E-state index contributed by atoms with van der Waals surface area (Å²) in [7, 11) is 0. The zero-order valence-corrected chi connectivity index (χ0v) is 13.9. The molecule has 1 saturated carbocycles. The molecule has 3 rings (SSSR count). The Balaban J connectivity index is 0.00000192. The van der Waals surface area contributed by atoms with Crippen molar-refractivity contribution < 1.29 is 9.59 Å². The molecule has 0 radical (unpaired) electrons. The smallest absolute Gasteiger partial charge is 0.240 e. The second-order valence-corrected chi connectivity index (χ2v) is 6.39. The first-order chi connectivity index (χ1) is 10.6. The molecule has 1 unspecified atom stereocenters. The topological polar surface area (TPSA) is 89.4 Å². The van der Waals surface area contributed by atoms with Crippen LogP contribution in [0.4, 0.5) is 0 Å². The van der Waals surface area contributed by atoms with Crippen molar-refractivity contribution in [3.8, 4) is 0 Å². The molecular formula is C17H24ClN3O2. The van der Waals surface area contributed by atoms with Crippen LogP contribution in [0.1, 0.15) is 30.4 Å². The van der Waals surface area contributed by atoms with Gasteiger partial charge >= 0.3 is 0 Å². The Labute approximate surface area is 142 Å². The van der Waals surface area contributed by atoms with Crippen LogP contribution in [0, 0.1) is 11.8 Å². The van der Waals surface area contributed by atoms with Gasteiger partial charge in [-0.05, 0) is 36.4 Å². The first kappa shape index (κ1) is 17.8. The van der Waals surface area contributed by atoms with E-state index in [0.29, 0.717) is 19.5 Å². The number of hydrogen-bond donors (Lipinski definition) is 2. The van der Waals surface area contributed by atoms with E-state index in [1.54, 1.807) is 4.90 Å². The van der Waals surface area contributed by atoms with Crippen molar-refractivity contribution >= 4 is 24.2 Å². The Morgan fingerprint density at radius 1 is 1.17 bits per heavy atom. The minimum atomic E-state index is -0.540. The molecule has 2 aliphatic rings. The average Bonchev–Trinajstić information content (AvgIpc) is 3.01. The molecule has 0 aromatic heterocycles. The fourth-order valence-electron chi connectivity index (χ4n) is 3.87. The van der Waals surface area contributed by atoms with Crippen LogP contribution in [0.3, 0.4) is 0 Å². The van der Waals surface area contributed by atoms with Gasteiger partial charge in [0, 0.05) is 18.9 Å². The van der Waals surface area contributed by atoms with Gasteiger partial charge in [-0.1, -0.05) is 30.7 Å². The normalized spacial score (nSPS) is 26.3. The third kappa shape index (κ3) is 3.35. The van der Waals surface area contributed by atoms with E-state index in [1.807, 2.05) is 24.3 Å². The van der Waals surface area contributed by atoms with Crippen molar-refractivity contribution in [3.63, 3.8) is 0 Å². The molecule has 4 N–H and O–H groups in total. The van der Waals surface area contributed by atoms with Gasteiger partial charge in [-0.3, -0.25) is 9.59 Å². The van der Waals surface area contributed by atoms with Crippen molar-refractivity contribution in [2.24, 2.45) is 23.3 Å². The number of rotatable bonds is 3. The van der Waals surface area contributed by atoms with E-state index in [9.17, 15) is 9.59 Å². The predicted molar refractivity (Wildman–Crippen MR) is 90.8 cm³/mol. The number of fused-ring (bicyclic) bond motifs is 1. The number of hydrogen-bond acceptors (Lipinski definition) is 3. The molecule has 1 heterocycles. The van der Waals surface area contributed by atoms with E-state index in [0.717, 1.165) is 30.4 Å². The molecule has 5 nitrogen and oxygen atoms in total. The highest BCUT2D eigenvalue weighted by atomic mass is 35.5. The van der Waals surface area contributed by atoms with Gasteiger partial charge < -0.3 is 16.4 Å². The van der Waals surface area contributed by atoms with Crippen LogP contribution < -0.4 is 11.5 Å². The summed E-state index contributed by atoms with van der Waals surface area (Å²) in [5.41, 5.74) is 13.6. The number of carbonyl (C=O) groups excluding carboxylic acids is 2. The maximum Gasteiger partial charge on any atom is 0.240 e. The van der Waals surface area contributed by atoms with Crippen LogP contribution in [0.15, 0.2) is 24.3 Å². The van der Waals surface area contributed by atoms with Crippen LogP contribution >= 0.6 is 12.4 Å². The minimum Gasteiger partial charge on any atom is -0.368 e. The molecular weight excluding hydrogens is 314 g/mol. The van der Waals surface area contributed by atoms with Crippen molar-refractivity contribution in [2.45, 2.75) is 38.3 Å². The molecule has 23 heavy (non-hydrogen) atoms. The summed E-state index contributed by atoms with van der Waals surface area (Å²) in [4.78, 5) is 26.5. The number of halogens is 1. The molecule has 1 aliphatic heterocycles. The van der Waals surface area contributed by atoms with Crippen LogP contribution in [0.5, 0.6) is 0 Å². The fourth-order valence-corrected chi connectivity index (χ4v) is 3.87. The van der Waals surface area contributed by atoms with E-state index in [2.05, 4.69) is 0 Å². The average molecular weight is 338 g/mol. The second kappa shape index (κ2) is 7.32. The molecule has 0 saturated heterocycles. The summed E-state index contributed by atoms with van der Waals surface area (Å²) >= 11 is 0. The first-order valence-corrected chi connectivity index (χ1v) is 7.98. The number of nitrogens with two attached hydrogens (primary N) is 2. The van der Waals surface area contributed by atoms with Gasteiger partial charge in [0.1, 0.15) is 6.04 Å². The fraction of sp³-hybridized carbons (Fsp3) is 0.529. The molecule has 6 heteroatoms. The predicted octanol–water partition coefficient (Wildman–Crippen LogP) is 1.22. The first-order valence-electron chi connectivity index (χ1n) is 7.98. The third-order valence-electron chi connectivity index (χ3n) is 5.14. The molecule has 126 valence electrons. The number of nitrogens with zero attached hydrogens (tertiary/aromatic N) is 1. The summed E-state index contributed by atoms with van der Waals surface area (Å²) in [6.07, 6.45) is 3.41. The van der Waals surface area contributed by atoms with Crippen molar-refractivity contribution in [1.29, 1.82) is 0 Å². The molecule has 1 fully saturated rings. The lowest BCUT2D eigenvalue weighted by Crippen LogP contribution is -2.53. The van der Waals surface area contributed by atoms with Crippen molar-refractivity contribution in [3.05, 3.63) is 35.4 Å². The summed E-state index contributed by atoms with van der Waals surface area (Å²) in [5, 5.41) is 0. The van der Waals surface area contributed by atoms with Crippen LogP contribution in [-0.2, 0) is 22.6 Å². The standard InChI is InChI=1S/C17H23N3O2.ClH/c18-9-12-6-3-7-14(12)17(22)20-10-13-5-2-1-4-11(13)8-15(20)16(19)21;/h1-2,4-5,12,14-15H,3,6-10,18H2,(H2,19,21);1H/t12-,14-,15?;/m1./s1. The summed E-state index contributed by atoms with van der Waals surface area (Å²) in [5.74, 6) is -0.202. The SMILES string of the molecule is Cl.NC[C@H]1CCC[C@H]1C(=O)N1Cc2ccccc2CC1C(N)=O. The van der Waals surface area contributed by atoms with Gasteiger partial charge in [-0.2, -0.15) is 0 Å². The zero-order chi connectivity index (χ0) is 15.7. The van der Waals surface area contributed by atoms with Crippen molar-refractivity contribution in [1.82, 2.24) is 4.90 Å². The highest BCUT2D eigenvalue weighted by molar-refractivity contribution is 5.88. The number of benzene rings is 1. The van der Waals surface area contributed by atoms with Gasteiger partial charge in [-0.25, -0.2) is 0 Å². The van der Waals surface area contributed by atoms with Gasteiger partial charge in [0.05, 0.1) is 0 Å². The molecule has 0 spiro atoms.